The van der Waals surface area contributed by atoms with Crippen molar-refractivity contribution in [2.75, 3.05) is 31.6 Å². The van der Waals surface area contributed by atoms with Crippen LogP contribution in [-0.2, 0) is 0 Å². The van der Waals surface area contributed by atoms with Crippen LogP contribution in [0.25, 0.3) is 0 Å². The van der Waals surface area contributed by atoms with Gasteiger partial charge in [0.15, 0.2) is 0 Å². The first kappa shape index (κ1) is 13.2. The summed E-state index contributed by atoms with van der Waals surface area (Å²) in [5, 5.41) is 12.7. The molecule has 0 atom stereocenters. The minimum absolute atomic E-state index is 0.619. The monoisotopic (exact) mass is 263 g/mol. The molecule has 1 N–H and O–H groups in total. The van der Waals surface area contributed by atoms with Crippen molar-refractivity contribution in [2.45, 2.75) is 12.8 Å². The zero-order valence-corrected chi connectivity index (χ0v) is 11.4. The molecule has 2 rings (SSSR count). The third-order valence-electron chi connectivity index (χ3n) is 3.52. The number of halogens is 1. The predicted molar refractivity (Wildman–Crippen MR) is 75.0 cm³/mol. The van der Waals surface area contributed by atoms with Crippen LogP contribution < -0.4 is 10.2 Å². The number of benzene rings is 1. The molecule has 3 nitrogen and oxygen atoms in total. The Morgan fingerprint density at radius 1 is 1.44 bits per heavy atom. The van der Waals surface area contributed by atoms with E-state index < -0.39 is 0 Å². The van der Waals surface area contributed by atoms with Gasteiger partial charge >= 0.3 is 0 Å². The maximum Gasteiger partial charge on any atom is 0.0992 e. The molecular weight excluding hydrogens is 246 g/mol. The maximum atomic E-state index is 8.83. The lowest BCUT2D eigenvalue weighted by Crippen LogP contribution is -2.36. The smallest absolute Gasteiger partial charge is 0.0992 e. The molecule has 1 aromatic carbocycles. The van der Waals surface area contributed by atoms with Crippen molar-refractivity contribution >= 4 is 17.3 Å². The Kier molecular flexibility index (Phi) is 4.46. The Hall–Kier alpha value is -1.24. The quantitative estimate of drug-likeness (QED) is 0.911. The zero-order valence-electron chi connectivity index (χ0n) is 10.6. The summed E-state index contributed by atoms with van der Waals surface area (Å²) >= 11 is 6.23. The third-order valence-corrected chi connectivity index (χ3v) is 3.83. The van der Waals surface area contributed by atoms with Crippen molar-refractivity contribution < 1.29 is 0 Å². The van der Waals surface area contributed by atoms with Gasteiger partial charge in [0.05, 0.1) is 22.3 Å². The molecule has 1 aromatic rings. The number of rotatable bonds is 3. The van der Waals surface area contributed by atoms with Crippen LogP contribution in [0.3, 0.4) is 0 Å². The first-order valence-corrected chi connectivity index (χ1v) is 6.71. The molecule has 1 fully saturated rings. The van der Waals surface area contributed by atoms with Crippen LogP contribution in [0.1, 0.15) is 18.4 Å². The molecule has 96 valence electrons. The second-order valence-corrected chi connectivity index (χ2v) is 5.17. The summed E-state index contributed by atoms with van der Waals surface area (Å²) in [5.41, 5.74) is 1.67. The summed E-state index contributed by atoms with van der Waals surface area (Å²) in [7, 11) is 2.00. The van der Waals surface area contributed by atoms with E-state index in [2.05, 4.69) is 16.3 Å². The van der Waals surface area contributed by atoms with Crippen molar-refractivity contribution in [1.29, 1.82) is 5.26 Å². The van der Waals surface area contributed by atoms with Gasteiger partial charge in [-0.15, -0.1) is 0 Å². The van der Waals surface area contributed by atoms with E-state index in [1.807, 2.05) is 19.2 Å². The predicted octanol–water partition coefficient (Wildman–Crippen LogP) is 2.65. The minimum Gasteiger partial charge on any atom is -0.370 e. The lowest BCUT2D eigenvalue weighted by molar-refractivity contribution is 0.393. The number of hydrogen-bond donors (Lipinski definition) is 1. The second-order valence-electron chi connectivity index (χ2n) is 4.77. The fourth-order valence-electron chi connectivity index (χ4n) is 2.50. The van der Waals surface area contributed by atoms with Crippen LogP contribution in [0.2, 0.25) is 5.02 Å². The molecule has 1 aliphatic heterocycles. The molecule has 0 aliphatic carbocycles. The Morgan fingerprint density at radius 3 is 2.72 bits per heavy atom. The van der Waals surface area contributed by atoms with Crippen LogP contribution in [0.15, 0.2) is 18.2 Å². The third kappa shape index (κ3) is 2.95. The van der Waals surface area contributed by atoms with Gasteiger partial charge in [-0.3, -0.25) is 0 Å². The number of piperidine rings is 1. The second kappa shape index (κ2) is 6.08. The molecular formula is C14H18ClN3. The number of nitrogens with one attached hydrogen (secondary N) is 1. The molecule has 1 aliphatic rings. The number of anilines is 1. The van der Waals surface area contributed by atoms with Crippen LogP contribution in [0.5, 0.6) is 0 Å². The van der Waals surface area contributed by atoms with Crippen molar-refractivity contribution in [3.8, 4) is 6.07 Å². The average molecular weight is 264 g/mol. The fourth-order valence-corrected chi connectivity index (χ4v) is 2.80. The molecule has 0 unspecified atom stereocenters. The van der Waals surface area contributed by atoms with E-state index in [0.29, 0.717) is 10.6 Å². The fraction of sp³-hybridized carbons (Fsp3) is 0.500. The van der Waals surface area contributed by atoms with E-state index in [4.69, 9.17) is 16.9 Å². The van der Waals surface area contributed by atoms with Crippen molar-refractivity contribution in [1.82, 2.24) is 5.32 Å². The maximum absolute atomic E-state index is 8.83. The van der Waals surface area contributed by atoms with Crippen LogP contribution >= 0.6 is 11.6 Å². The SMILES string of the molecule is CNCC1CCN(c2ccc(C#N)cc2Cl)CC1. The van der Waals surface area contributed by atoms with Gasteiger partial charge in [0, 0.05) is 13.1 Å². The van der Waals surface area contributed by atoms with Crippen LogP contribution in [0, 0.1) is 17.2 Å². The number of nitriles is 1. The molecule has 0 amide bonds. The molecule has 1 heterocycles. The Balaban J connectivity index is 2.04. The topological polar surface area (TPSA) is 39.1 Å². The van der Waals surface area contributed by atoms with E-state index in [1.54, 1.807) is 6.07 Å². The van der Waals surface area contributed by atoms with Crippen LogP contribution in [0.4, 0.5) is 5.69 Å². The molecule has 0 aromatic heterocycles. The molecule has 0 radical (unpaired) electrons. The van der Waals surface area contributed by atoms with Gasteiger partial charge in [-0.1, -0.05) is 11.6 Å². The van der Waals surface area contributed by atoms with Crippen molar-refractivity contribution in [3.05, 3.63) is 28.8 Å². The highest BCUT2D eigenvalue weighted by Crippen LogP contribution is 2.30. The van der Waals surface area contributed by atoms with Gasteiger partial charge in [-0.05, 0) is 50.6 Å². The summed E-state index contributed by atoms with van der Waals surface area (Å²) in [4.78, 5) is 2.32. The molecule has 18 heavy (non-hydrogen) atoms. The molecule has 4 heteroatoms. The van der Waals surface area contributed by atoms with Gasteiger partial charge in [0.1, 0.15) is 0 Å². The molecule has 1 saturated heterocycles. The van der Waals surface area contributed by atoms with Gasteiger partial charge in [0.2, 0.25) is 0 Å². The summed E-state index contributed by atoms with van der Waals surface area (Å²) in [6.07, 6.45) is 2.38. The summed E-state index contributed by atoms with van der Waals surface area (Å²) in [5.74, 6) is 0.767. The summed E-state index contributed by atoms with van der Waals surface area (Å²) < 4.78 is 0. The summed E-state index contributed by atoms with van der Waals surface area (Å²) in [6.45, 7) is 3.17. The Morgan fingerprint density at radius 2 is 2.17 bits per heavy atom. The van der Waals surface area contributed by atoms with E-state index in [0.717, 1.165) is 31.2 Å². The highest BCUT2D eigenvalue weighted by Gasteiger charge is 2.20. The largest absolute Gasteiger partial charge is 0.370 e. The lowest BCUT2D eigenvalue weighted by atomic mass is 9.96. The lowest BCUT2D eigenvalue weighted by Gasteiger charge is -2.34. The van der Waals surface area contributed by atoms with E-state index >= 15 is 0 Å². The average Bonchev–Trinajstić information content (AvgIpc) is 2.40. The van der Waals surface area contributed by atoms with Crippen molar-refractivity contribution in [3.63, 3.8) is 0 Å². The molecule has 0 saturated carbocycles. The molecule has 0 bridgehead atoms. The standard InChI is InChI=1S/C14H18ClN3/c1-17-10-11-4-6-18(7-5-11)14-3-2-12(9-16)8-13(14)15/h2-3,8,11,17H,4-7,10H2,1H3. The number of nitrogens with zero attached hydrogens (tertiary/aromatic N) is 2. The van der Waals surface area contributed by atoms with E-state index in [9.17, 15) is 0 Å². The summed E-state index contributed by atoms with van der Waals surface area (Å²) in [6, 6.07) is 7.65. The highest BCUT2D eigenvalue weighted by atomic mass is 35.5. The number of hydrogen-bond acceptors (Lipinski definition) is 3. The van der Waals surface area contributed by atoms with Crippen molar-refractivity contribution in [2.24, 2.45) is 5.92 Å². The molecule has 0 spiro atoms. The van der Waals surface area contributed by atoms with Gasteiger partial charge < -0.3 is 10.2 Å². The van der Waals surface area contributed by atoms with Crippen LogP contribution in [-0.4, -0.2) is 26.7 Å². The highest BCUT2D eigenvalue weighted by molar-refractivity contribution is 6.33. The van der Waals surface area contributed by atoms with Gasteiger partial charge in [-0.2, -0.15) is 5.26 Å². The normalized spacial score (nSPS) is 16.6. The first-order valence-electron chi connectivity index (χ1n) is 6.33. The van der Waals surface area contributed by atoms with Gasteiger partial charge in [0.25, 0.3) is 0 Å². The zero-order chi connectivity index (χ0) is 13.0. The van der Waals surface area contributed by atoms with E-state index in [-0.39, 0.29) is 0 Å². The van der Waals surface area contributed by atoms with Gasteiger partial charge in [-0.25, -0.2) is 0 Å². The Bertz CT molecular complexity index is 445. The Labute approximate surface area is 113 Å². The minimum atomic E-state index is 0.619. The first-order chi connectivity index (χ1) is 8.74. The van der Waals surface area contributed by atoms with E-state index in [1.165, 1.54) is 12.8 Å².